The summed E-state index contributed by atoms with van der Waals surface area (Å²) >= 11 is 1.55. The molecular weight excluding hydrogens is 308 g/mol. The molecule has 4 aromatic rings. The van der Waals surface area contributed by atoms with Crippen molar-refractivity contribution in [1.29, 1.82) is 0 Å². The number of aromatic nitrogens is 4. The zero-order valence-electron chi connectivity index (χ0n) is 12.7. The molecule has 0 N–H and O–H groups in total. The second-order valence-electron chi connectivity index (χ2n) is 4.99. The minimum atomic E-state index is 0.635. The van der Waals surface area contributed by atoms with Crippen molar-refractivity contribution in [2.45, 2.75) is 5.16 Å². The van der Waals surface area contributed by atoms with Gasteiger partial charge in [-0.2, -0.15) is 4.52 Å². The lowest BCUT2D eigenvalue weighted by atomic mass is 10.2. The van der Waals surface area contributed by atoms with Gasteiger partial charge in [0.05, 0.1) is 18.2 Å². The first kappa shape index (κ1) is 14.0. The van der Waals surface area contributed by atoms with E-state index in [0.29, 0.717) is 5.82 Å². The minimum Gasteiger partial charge on any atom is -0.496 e. The molecule has 23 heavy (non-hydrogen) atoms. The summed E-state index contributed by atoms with van der Waals surface area (Å²) in [5, 5.41) is 6.45. The van der Waals surface area contributed by atoms with Gasteiger partial charge in [0.25, 0.3) is 0 Å². The van der Waals surface area contributed by atoms with Crippen LogP contribution in [-0.4, -0.2) is 32.9 Å². The Morgan fingerprint density at radius 3 is 2.61 bits per heavy atom. The van der Waals surface area contributed by atoms with Gasteiger partial charge in [-0.25, -0.2) is 9.97 Å². The van der Waals surface area contributed by atoms with E-state index in [1.807, 2.05) is 54.8 Å². The van der Waals surface area contributed by atoms with E-state index in [2.05, 4.69) is 10.1 Å². The maximum absolute atomic E-state index is 5.43. The summed E-state index contributed by atoms with van der Waals surface area (Å²) in [6.45, 7) is 0. The number of ether oxygens (including phenoxy) is 1. The molecule has 0 aliphatic heterocycles. The first-order valence-electron chi connectivity index (χ1n) is 7.14. The van der Waals surface area contributed by atoms with Crippen LogP contribution in [0, 0.1) is 0 Å². The maximum Gasteiger partial charge on any atom is 0.191 e. The summed E-state index contributed by atoms with van der Waals surface area (Å²) in [6.07, 6.45) is 1.99. The Kier molecular flexibility index (Phi) is 3.38. The molecule has 0 radical (unpaired) electrons. The van der Waals surface area contributed by atoms with Crippen LogP contribution < -0.4 is 4.74 Å². The topological polar surface area (TPSA) is 52.3 Å². The molecule has 2 heterocycles. The van der Waals surface area contributed by atoms with Gasteiger partial charge in [-0.1, -0.05) is 36.0 Å². The lowest BCUT2D eigenvalue weighted by molar-refractivity contribution is 0.416. The third-order valence-corrected chi connectivity index (χ3v) is 4.31. The van der Waals surface area contributed by atoms with Crippen LogP contribution in [0.25, 0.3) is 27.9 Å². The van der Waals surface area contributed by atoms with Crippen molar-refractivity contribution in [3.05, 3.63) is 48.5 Å². The van der Waals surface area contributed by atoms with Gasteiger partial charge in [-0.3, -0.25) is 0 Å². The van der Waals surface area contributed by atoms with Crippen LogP contribution in [0.15, 0.2) is 53.7 Å². The van der Waals surface area contributed by atoms with Crippen molar-refractivity contribution in [3.8, 4) is 17.1 Å². The van der Waals surface area contributed by atoms with E-state index < -0.39 is 0 Å². The number of hydrogen-bond acceptors (Lipinski definition) is 5. The van der Waals surface area contributed by atoms with Crippen LogP contribution in [0.2, 0.25) is 0 Å². The van der Waals surface area contributed by atoms with Gasteiger partial charge in [-0.05, 0) is 30.5 Å². The van der Waals surface area contributed by atoms with E-state index in [-0.39, 0.29) is 0 Å². The van der Waals surface area contributed by atoms with Gasteiger partial charge in [0, 0.05) is 5.39 Å². The first-order valence-corrected chi connectivity index (χ1v) is 8.37. The number of benzene rings is 2. The van der Waals surface area contributed by atoms with Crippen LogP contribution in [0.3, 0.4) is 0 Å². The van der Waals surface area contributed by atoms with Gasteiger partial charge in [0.2, 0.25) is 0 Å². The van der Waals surface area contributed by atoms with E-state index in [1.165, 1.54) is 0 Å². The number of fused-ring (bicyclic) bond motifs is 3. The number of hydrogen-bond donors (Lipinski definition) is 0. The van der Waals surface area contributed by atoms with E-state index in [0.717, 1.165) is 33.0 Å². The summed E-state index contributed by atoms with van der Waals surface area (Å²) in [5.74, 6) is 1.39. The third-order valence-electron chi connectivity index (χ3n) is 3.68. The molecule has 0 aliphatic rings. The number of rotatable bonds is 3. The average Bonchev–Trinajstić information content (AvgIpc) is 3.06. The molecule has 0 atom stereocenters. The quantitative estimate of drug-likeness (QED) is 0.425. The summed E-state index contributed by atoms with van der Waals surface area (Å²) in [7, 11) is 1.65. The van der Waals surface area contributed by atoms with Gasteiger partial charge >= 0.3 is 0 Å². The predicted octanol–water partition coefficient (Wildman–Crippen LogP) is 3.68. The Bertz CT molecular complexity index is 1010. The molecule has 2 aromatic heterocycles. The molecule has 0 saturated carbocycles. The second-order valence-corrected chi connectivity index (χ2v) is 5.76. The standard InChI is InChI=1S/C17H14N4OS/c1-22-14-10-6-4-8-12(14)15-19-16-11-7-3-5-9-13(11)18-17(23-2)21(16)20-15/h3-10H,1-2H3. The van der Waals surface area contributed by atoms with E-state index in [4.69, 9.17) is 9.72 Å². The second kappa shape index (κ2) is 5.55. The van der Waals surface area contributed by atoms with Crippen molar-refractivity contribution < 1.29 is 4.74 Å². The summed E-state index contributed by atoms with van der Waals surface area (Å²) in [6, 6.07) is 15.7. The predicted molar refractivity (Wildman–Crippen MR) is 92.1 cm³/mol. The Hall–Kier alpha value is -2.60. The fourth-order valence-corrected chi connectivity index (χ4v) is 3.10. The van der Waals surface area contributed by atoms with E-state index in [1.54, 1.807) is 23.4 Å². The highest BCUT2D eigenvalue weighted by Gasteiger charge is 2.16. The lowest BCUT2D eigenvalue weighted by Gasteiger charge is -2.03. The number of thioether (sulfide) groups is 1. The smallest absolute Gasteiger partial charge is 0.191 e. The Labute approximate surface area is 137 Å². The van der Waals surface area contributed by atoms with Gasteiger partial charge in [0.15, 0.2) is 16.6 Å². The van der Waals surface area contributed by atoms with Crippen LogP contribution in [0.4, 0.5) is 0 Å². The van der Waals surface area contributed by atoms with Gasteiger partial charge in [-0.15, -0.1) is 5.10 Å². The third kappa shape index (κ3) is 2.22. The highest BCUT2D eigenvalue weighted by molar-refractivity contribution is 7.98. The van der Waals surface area contributed by atoms with Crippen LogP contribution in [0.1, 0.15) is 0 Å². The molecule has 114 valence electrons. The minimum absolute atomic E-state index is 0.635. The summed E-state index contributed by atoms with van der Waals surface area (Å²) < 4.78 is 7.23. The highest BCUT2D eigenvalue weighted by Crippen LogP contribution is 2.30. The molecule has 4 rings (SSSR count). The Morgan fingerprint density at radius 1 is 1.00 bits per heavy atom. The van der Waals surface area contributed by atoms with Crippen molar-refractivity contribution in [1.82, 2.24) is 19.6 Å². The van der Waals surface area contributed by atoms with Gasteiger partial charge < -0.3 is 4.74 Å². The summed E-state index contributed by atoms with van der Waals surface area (Å²) in [5.41, 5.74) is 2.60. The summed E-state index contributed by atoms with van der Waals surface area (Å²) in [4.78, 5) is 9.41. The normalized spacial score (nSPS) is 11.2. The molecule has 0 saturated heterocycles. The molecule has 2 aromatic carbocycles. The van der Waals surface area contributed by atoms with Crippen molar-refractivity contribution >= 4 is 28.3 Å². The molecule has 0 spiro atoms. The molecule has 6 heteroatoms. The van der Waals surface area contributed by atoms with Crippen molar-refractivity contribution in [2.24, 2.45) is 0 Å². The average molecular weight is 322 g/mol. The molecule has 0 unspecified atom stereocenters. The molecule has 0 amide bonds. The van der Waals surface area contributed by atoms with E-state index in [9.17, 15) is 0 Å². The number of methoxy groups -OCH3 is 1. The fourth-order valence-electron chi connectivity index (χ4n) is 2.61. The SMILES string of the molecule is COc1ccccc1-c1nc2c3ccccc3nc(SC)n2n1. The van der Waals surface area contributed by atoms with Crippen molar-refractivity contribution in [2.75, 3.05) is 13.4 Å². The Balaban J connectivity index is 2.06. The van der Waals surface area contributed by atoms with Gasteiger partial charge in [0.1, 0.15) is 5.75 Å². The monoisotopic (exact) mass is 322 g/mol. The van der Waals surface area contributed by atoms with Crippen molar-refractivity contribution in [3.63, 3.8) is 0 Å². The van der Waals surface area contributed by atoms with Crippen LogP contribution in [0.5, 0.6) is 5.75 Å². The molecule has 5 nitrogen and oxygen atoms in total. The zero-order valence-corrected chi connectivity index (χ0v) is 13.5. The molecule has 0 fully saturated rings. The fraction of sp³-hybridized carbons (Fsp3) is 0.118. The van der Waals surface area contributed by atoms with Crippen LogP contribution >= 0.6 is 11.8 Å². The molecule has 0 bridgehead atoms. The zero-order chi connectivity index (χ0) is 15.8. The lowest BCUT2D eigenvalue weighted by Crippen LogP contribution is -1.97. The number of para-hydroxylation sites is 2. The maximum atomic E-state index is 5.43. The largest absolute Gasteiger partial charge is 0.496 e. The van der Waals surface area contributed by atoms with Crippen LogP contribution in [-0.2, 0) is 0 Å². The van der Waals surface area contributed by atoms with E-state index >= 15 is 0 Å². The number of nitrogens with zero attached hydrogens (tertiary/aromatic N) is 4. The molecular formula is C17H14N4OS. The molecule has 0 aliphatic carbocycles. The highest BCUT2D eigenvalue weighted by atomic mass is 32.2. The Morgan fingerprint density at radius 2 is 1.78 bits per heavy atom. The first-order chi connectivity index (χ1) is 11.3.